The van der Waals surface area contributed by atoms with E-state index in [1.165, 1.54) is 0 Å². The average Bonchev–Trinajstić information content (AvgIpc) is 2.68. The van der Waals surface area contributed by atoms with Crippen LogP contribution in [0.3, 0.4) is 0 Å². The van der Waals surface area contributed by atoms with E-state index in [1.54, 1.807) is 0 Å². The van der Waals surface area contributed by atoms with E-state index >= 15 is 0 Å². The third kappa shape index (κ3) is 2.21. The zero-order valence-corrected chi connectivity index (χ0v) is 7.24. The second kappa shape index (κ2) is 3.85. The molecular weight excluding hydrogens is 148 g/mol. The Morgan fingerprint density at radius 3 is 3.00 bits per heavy atom. The molecule has 2 unspecified atom stereocenters. The monoisotopic (exact) mass is 160 g/mol. The van der Waals surface area contributed by atoms with Crippen molar-refractivity contribution in [3.63, 3.8) is 0 Å². The number of ether oxygens (including phenoxy) is 1. The topological polar surface area (TPSA) is 49.8 Å². The summed E-state index contributed by atoms with van der Waals surface area (Å²) in [6, 6.07) is 1.02. The van der Waals surface area contributed by atoms with Crippen molar-refractivity contribution in [2.24, 2.45) is 0 Å². The van der Waals surface area contributed by atoms with Crippen molar-refractivity contribution in [3.05, 3.63) is 0 Å². The highest BCUT2D eigenvalue weighted by molar-refractivity contribution is 6.38. The van der Waals surface area contributed by atoms with Gasteiger partial charge in [-0.25, -0.2) is 0 Å². The zero-order chi connectivity index (χ0) is 7.40. The Kier molecular flexibility index (Phi) is 3.05. The minimum Gasteiger partial charge on any atom is -0.394 e. The van der Waals surface area contributed by atoms with E-state index in [9.17, 15) is 4.79 Å². The van der Waals surface area contributed by atoms with Crippen molar-refractivity contribution in [1.29, 1.82) is 0 Å². The van der Waals surface area contributed by atoms with Gasteiger partial charge in [0.1, 0.15) is 12.4 Å². The maximum atomic E-state index is 9.89. The van der Waals surface area contributed by atoms with Gasteiger partial charge in [-0.2, -0.15) is 0 Å². The fraction of sp³-hybridized carbons (Fsp3) is 0.833. The fourth-order valence-corrected chi connectivity index (χ4v) is 2.70. The van der Waals surface area contributed by atoms with Crippen LogP contribution in [0.1, 0.15) is 6.42 Å². The van der Waals surface area contributed by atoms with Crippen LogP contribution in [0, 0.1) is 0 Å². The summed E-state index contributed by atoms with van der Waals surface area (Å²) >= 11 is 0. The first kappa shape index (κ1) is 7.91. The predicted octanol–water partition coefficient (Wildman–Crippen LogP) is -1.12. The van der Waals surface area contributed by atoms with E-state index in [0.29, 0.717) is 12.1 Å². The average molecular weight is 160 g/mol. The first-order valence-electron chi connectivity index (χ1n) is 3.58. The molecule has 0 radical (unpaired) electrons. The smallest absolute Gasteiger partial charge is 0.119 e. The third-order valence-corrected chi connectivity index (χ3v) is 3.78. The van der Waals surface area contributed by atoms with Crippen molar-refractivity contribution >= 4 is 15.8 Å². The maximum absolute atomic E-state index is 9.89. The molecule has 0 aliphatic carbocycles. The van der Waals surface area contributed by atoms with Gasteiger partial charge < -0.3 is 14.6 Å². The molecule has 0 amide bonds. The van der Waals surface area contributed by atoms with Gasteiger partial charge in [0.15, 0.2) is 0 Å². The third-order valence-electron chi connectivity index (χ3n) is 1.68. The first-order valence-corrected chi connectivity index (χ1v) is 5.40. The molecule has 1 heterocycles. The maximum Gasteiger partial charge on any atom is 0.119 e. The van der Waals surface area contributed by atoms with Gasteiger partial charge in [-0.15, -0.1) is 0 Å². The highest BCUT2D eigenvalue weighted by atomic mass is 28.2. The molecule has 0 aromatic carbocycles. The lowest BCUT2D eigenvalue weighted by Gasteiger charge is -1.87. The lowest BCUT2D eigenvalue weighted by atomic mass is 10.5. The summed E-state index contributed by atoms with van der Waals surface area (Å²) < 4.78 is 5.11. The molecule has 1 aliphatic heterocycles. The predicted molar refractivity (Wildman–Crippen MR) is 39.8 cm³/mol. The van der Waals surface area contributed by atoms with Crippen molar-refractivity contribution in [1.82, 2.24) is 0 Å². The highest BCUT2D eigenvalue weighted by Gasteiger charge is 2.36. The molecule has 10 heavy (non-hydrogen) atoms. The van der Waals surface area contributed by atoms with Gasteiger partial charge in [0.05, 0.1) is 21.9 Å². The Balaban J connectivity index is 1.91. The Bertz CT molecular complexity index is 118. The van der Waals surface area contributed by atoms with Gasteiger partial charge in [0.2, 0.25) is 0 Å². The second-order valence-electron chi connectivity index (χ2n) is 2.49. The Labute approximate surface area is 62.2 Å². The van der Waals surface area contributed by atoms with Gasteiger partial charge in [-0.1, -0.05) is 6.04 Å². The molecule has 0 aromatic heterocycles. The van der Waals surface area contributed by atoms with Gasteiger partial charge in [0.25, 0.3) is 0 Å². The molecule has 0 saturated carbocycles. The van der Waals surface area contributed by atoms with E-state index in [-0.39, 0.29) is 22.2 Å². The fourth-order valence-electron chi connectivity index (χ4n) is 0.996. The van der Waals surface area contributed by atoms with Crippen molar-refractivity contribution in [2.75, 3.05) is 6.61 Å². The Morgan fingerprint density at radius 2 is 2.50 bits per heavy atom. The van der Waals surface area contributed by atoms with Crippen molar-refractivity contribution < 1.29 is 14.6 Å². The van der Waals surface area contributed by atoms with E-state index in [0.717, 1.165) is 12.3 Å². The van der Waals surface area contributed by atoms with Gasteiger partial charge in [0, 0.05) is 6.42 Å². The summed E-state index contributed by atoms with van der Waals surface area (Å²) in [4.78, 5) is 9.89. The van der Waals surface area contributed by atoms with Crippen molar-refractivity contribution in [2.45, 2.75) is 24.3 Å². The lowest BCUT2D eigenvalue weighted by molar-refractivity contribution is -0.107. The number of hydrogen-bond acceptors (Lipinski definition) is 3. The number of epoxide rings is 1. The molecule has 2 atom stereocenters. The highest BCUT2D eigenvalue weighted by Crippen LogP contribution is 2.20. The number of hydrogen-bond donors (Lipinski definition) is 1. The standard InChI is InChI=1S/C6H12O3Si/c7-2-1-3-10-6-5(4-8)9-6/h2,5-6,8H,1,3-4,10H2. The van der Waals surface area contributed by atoms with Gasteiger partial charge >= 0.3 is 0 Å². The minimum atomic E-state index is -0.226. The van der Waals surface area contributed by atoms with Crippen LogP contribution in [-0.4, -0.2) is 39.4 Å². The Morgan fingerprint density at radius 1 is 1.70 bits per heavy atom. The summed E-state index contributed by atoms with van der Waals surface area (Å²) in [5, 5.41) is 8.56. The molecule has 1 saturated heterocycles. The number of carbonyl (C=O) groups excluding carboxylic acids is 1. The molecule has 1 fully saturated rings. The van der Waals surface area contributed by atoms with Crippen LogP contribution in [0.25, 0.3) is 0 Å². The number of aldehydes is 1. The number of aliphatic hydroxyl groups is 1. The van der Waals surface area contributed by atoms with Crippen LogP contribution in [0.2, 0.25) is 6.04 Å². The molecular formula is C6H12O3Si. The van der Waals surface area contributed by atoms with Crippen LogP contribution >= 0.6 is 0 Å². The van der Waals surface area contributed by atoms with Crippen LogP contribution < -0.4 is 0 Å². The molecule has 58 valence electrons. The normalized spacial score (nSPS) is 31.3. The molecule has 4 heteroatoms. The zero-order valence-electron chi connectivity index (χ0n) is 5.82. The van der Waals surface area contributed by atoms with E-state index in [2.05, 4.69) is 0 Å². The van der Waals surface area contributed by atoms with Crippen LogP contribution in [0.4, 0.5) is 0 Å². The molecule has 0 spiro atoms. The van der Waals surface area contributed by atoms with E-state index in [1.807, 2.05) is 0 Å². The first-order chi connectivity index (χ1) is 4.88. The number of carbonyl (C=O) groups is 1. The van der Waals surface area contributed by atoms with Gasteiger partial charge in [-0.3, -0.25) is 0 Å². The quantitative estimate of drug-likeness (QED) is 0.240. The number of aliphatic hydroxyl groups excluding tert-OH is 1. The van der Waals surface area contributed by atoms with E-state index < -0.39 is 0 Å². The summed E-state index contributed by atoms with van der Waals surface area (Å²) in [7, 11) is -0.226. The summed E-state index contributed by atoms with van der Waals surface area (Å²) in [5.41, 5.74) is 0.366. The van der Waals surface area contributed by atoms with Crippen molar-refractivity contribution in [3.8, 4) is 0 Å². The molecule has 1 aliphatic rings. The number of rotatable bonds is 5. The molecule has 3 nitrogen and oxygen atoms in total. The molecule has 0 aromatic rings. The lowest BCUT2D eigenvalue weighted by Crippen LogP contribution is -2.06. The van der Waals surface area contributed by atoms with Crippen LogP contribution in [-0.2, 0) is 9.53 Å². The van der Waals surface area contributed by atoms with Crippen LogP contribution in [0.5, 0.6) is 0 Å². The van der Waals surface area contributed by atoms with E-state index in [4.69, 9.17) is 9.84 Å². The Hall–Kier alpha value is -0.193. The molecule has 0 bridgehead atoms. The summed E-state index contributed by atoms with van der Waals surface area (Å²) in [5.74, 6) is 0. The minimum absolute atomic E-state index is 0.123. The summed E-state index contributed by atoms with van der Waals surface area (Å²) in [6.45, 7) is 0.152. The molecule has 1 rings (SSSR count). The van der Waals surface area contributed by atoms with Crippen LogP contribution in [0.15, 0.2) is 0 Å². The SMILES string of the molecule is O=CCC[SiH2]C1OC1CO. The molecule has 1 N–H and O–H groups in total. The largest absolute Gasteiger partial charge is 0.394 e. The van der Waals surface area contributed by atoms with Gasteiger partial charge in [-0.05, 0) is 0 Å². The summed E-state index contributed by atoms with van der Waals surface area (Å²) in [6.07, 6.45) is 1.74. The second-order valence-corrected chi connectivity index (χ2v) is 4.58.